The molecule has 1 aromatic carbocycles. The van der Waals surface area contributed by atoms with Crippen LogP contribution >= 0.6 is 11.6 Å². The van der Waals surface area contributed by atoms with Gasteiger partial charge in [-0.1, -0.05) is 36.6 Å². The maximum absolute atomic E-state index is 12.1. The van der Waals surface area contributed by atoms with Gasteiger partial charge in [0.15, 0.2) is 0 Å². The van der Waals surface area contributed by atoms with Gasteiger partial charge in [0.1, 0.15) is 0 Å². The van der Waals surface area contributed by atoms with E-state index in [0.717, 1.165) is 24.3 Å². The molecule has 2 aromatic rings. The third-order valence-corrected chi connectivity index (χ3v) is 4.29. The monoisotopic (exact) mass is 317 g/mol. The molecule has 0 spiro atoms. The van der Waals surface area contributed by atoms with Crippen molar-refractivity contribution in [2.75, 3.05) is 13.1 Å². The van der Waals surface area contributed by atoms with Gasteiger partial charge in [-0.05, 0) is 44.1 Å². The number of nitrogens with zero attached hydrogens (tertiary/aromatic N) is 3. The van der Waals surface area contributed by atoms with Crippen molar-refractivity contribution in [1.29, 1.82) is 0 Å². The first-order valence-electron chi connectivity index (χ1n) is 7.79. The summed E-state index contributed by atoms with van der Waals surface area (Å²) in [6, 6.07) is 10.9. The molecule has 3 rings (SSSR count). The van der Waals surface area contributed by atoms with Crippen molar-refractivity contribution in [3.05, 3.63) is 51.8 Å². The standard InChI is InChI=1S/C17H20ClN3O/c18-15-7-5-14(6-8-15)16-9-10-17(22)21(19-16)13-20-11-3-1-2-4-12-20/h5-10H,1-4,11-13H2. The van der Waals surface area contributed by atoms with Gasteiger partial charge >= 0.3 is 0 Å². The van der Waals surface area contributed by atoms with E-state index in [1.54, 1.807) is 16.8 Å². The summed E-state index contributed by atoms with van der Waals surface area (Å²) in [5.74, 6) is 0. The molecule has 0 amide bonds. The Balaban J connectivity index is 1.83. The molecule has 1 aromatic heterocycles. The highest BCUT2D eigenvalue weighted by Crippen LogP contribution is 2.18. The molecular weight excluding hydrogens is 298 g/mol. The molecule has 0 N–H and O–H groups in total. The lowest BCUT2D eigenvalue weighted by Gasteiger charge is -2.20. The van der Waals surface area contributed by atoms with Gasteiger partial charge in [-0.15, -0.1) is 0 Å². The Bertz CT molecular complexity index is 673. The highest BCUT2D eigenvalue weighted by Gasteiger charge is 2.11. The van der Waals surface area contributed by atoms with Crippen LogP contribution in [0.15, 0.2) is 41.2 Å². The molecule has 22 heavy (non-hydrogen) atoms. The predicted molar refractivity (Wildman–Crippen MR) is 89.0 cm³/mol. The van der Waals surface area contributed by atoms with Crippen LogP contribution in [0.4, 0.5) is 0 Å². The molecular formula is C17H20ClN3O. The summed E-state index contributed by atoms with van der Waals surface area (Å²) in [6.45, 7) is 2.65. The quantitative estimate of drug-likeness (QED) is 0.871. The van der Waals surface area contributed by atoms with Crippen molar-refractivity contribution < 1.29 is 0 Å². The van der Waals surface area contributed by atoms with E-state index < -0.39 is 0 Å². The first-order valence-corrected chi connectivity index (χ1v) is 8.17. The van der Waals surface area contributed by atoms with Gasteiger partial charge in [0, 0.05) is 16.7 Å². The first kappa shape index (κ1) is 15.3. The zero-order valence-electron chi connectivity index (χ0n) is 12.5. The highest BCUT2D eigenvalue weighted by molar-refractivity contribution is 6.30. The summed E-state index contributed by atoms with van der Waals surface area (Å²) in [5.41, 5.74) is 1.71. The van der Waals surface area contributed by atoms with E-state index in [2.05, 4.69) is 10.00 Å². The van der Waals surface area contributed by atoms with Crippen LogP contribution in [0.2, 0.25) is 5.02 Å². The summed E-state index contributed by atoms with van der Waals surface area (Å²) < 4.78 is 1.56. The molecule has 0 atom stereocenters. The zero-order chi connectivity index (χ0) is 15.4. The normalized spacial score (nSPS) is 16.4. The summed E-state index contributed by atoms with van der Waals surface area (Å²) in [5, 5.41) is 5.21. The van der Waals surface area contributed by atoms with Gasteiger partial charge < -0.3 is 0 Å². The van der Waals surface area contributed by atoms with E-state index in [-0.39, 0.29) is 5.56 Å². The Kier molecular flexibility index (Phi) is 4.90. The Morgan fingerprint density at radius 1 is 0.955 bits per heavy atom. The molecule has 1 aliphatic rings. The van der Waals surface area contributed by atoms with Gasteiger partial charge in [0.25, 0.3) is 5.56 Å². The molecule has 0 bridgehead atoms. The van der Waals surface area contributed by atoms with E-state index in [1.165, 1.54) is 25.7 Å². The fourth-order valence-corrected chi connectivity index (χ4v) is 2.92. The lowest BCUT2D eigenvalue weighted by atomic mass is 10.1. The van der Waals surface area contributed by atoms with Gasteiger partial charge in [-0.2, -0.15) is 5.10 Å². The van der Waals surface area contributed by atoms with Crippen LogP contribution in [-0.4, -0.2) is 27.8 Å². The van der Waals surface area contributed by atoms with Crippen molar-refractivity contribution >= 4 is 11.6 Å². The molecule has 116 valence electrons. The molecule has 0 unspecified atom stereocenters. The van der Waals surface area contributed by atoms with Crippen molar-refractivity contribution in [3.8, 4) is 11.3 Å². The van der Waals surface area contributed by atoms with Crippen molar-refractivity contribution in [2.45, 2.75) is 32.4 Å². The fourth-order valence-electron chi connectivity index (χ4n) is 2.79. The lowest BCUT2D eigenvalue weighted by Crippen LogP contribution is -2.34. The Morgan fingerprint density at radius 3 is 2.32 bits per heavy atom. The van der Waals surface area contributed by atoms with Gasteiger partial charge in [-0.25, -0.2) is 4.68 Å². The average molecular weight is 318 g/mol. The Labute approximate surface area is 135 Å². The number of hydrogen-bond acceptors (Lipinski definition) is 3. The van der Waals surface area contributed by atoms with Gasteiger partial charge in [-0.3, -0.25) is 9.69 Å². The molecule has 5 heteroatoms. The Morgan fingerprint density at radius 2 is 1.64 bits per heavy atom. The molecule has 1 saturated heterocycles. The molecule has 4 nitrogen and oxygen atoms in total. The van der Waals surface area contributed by atoms with E-state index in [4.69, 9.17) is 11.6 Å². The third kappa shape index (κ3) is 3.76. The van der Waals surface area contributed by atoms with Crippen molar-refractivity contribution in [3.63, 3.8) is 0 Å². The second-order valence-electron chi connectivity index (χ2n) is 5.74. The Hall–Kier alpha value is -1.65. The average Bonchev–Trinajstić information content (AvgIpc) is 2.79. The topological polar surface area (TPSA) is 38.1 Å². The number of benzene rings is 1. The summed E-state index contributed by atoms with van der Waals surface area (Å²) >= 11 is 5.92. The summed E-state index contributed by atoms with van der Waals surface area (Å²) in [7, 11) is 0. The minimum atomic E-state index is -0.0537. The summed E-state index contributed by atoms with van der Waals surface area (Å²) in [4.78, 5) is 14.4. The van der Waals surface area contributed by atoms with E-state index in [0.29, 0.717) is 11.7 Å². The zero-order valence-corrected chi connectivity index (χ0v) is 13.3. The molecule has 1 fully saturated rings. The van der Waals surface area contributed by atoms with E-state index >= 15 is 0 Å². The SMILES string of the molecule is O=c1ccc(-c2ccc(Cl)cc2)nn1CN1CCCCCC1. The smallest absolute Gasteiger partial charge is 0.268 e. The van der Waals surface area contributed by atoms with E-state index in [9.17, 15) is 4.79 Å². The van der Waals surface area contributed by atoms with Crippen molar-refractivity contribution in [2.24, 2.45) is 0 Å². The van der Waals surface area contributed by atoms with Crippen LogP contribution in [0.3, 0.4) is 0 Å². The minimum absolute atomic E-state index is 0.0537. The number of rotatable bonds is 3. The molecule has 0 aliphatic carbocycles. The third-order valence-electron chi connectivity index (χ3n) is 4.04. The number of likely N-dealkylation sites (tertiary alicyclic amines) is 1. The first-order chi connectivity index (χ1) is 10.7. The van der Waals surface area contributed by atoms with Gasteiger partial charge in [0.05, 0.1) is 12.4 Å². The second kappa shape index (κ2) is 7.07. The number of hydrogen-bond donors (Lipinski definition) is 0. The van der Waals surface area contributed by atoms with Crippen LogP contribution in [0, 0.1) is 0 Å². The maximum Gasteiger partial charge on any atom is 0.268 e. The van der Waals surface area contributed by atoms with Gasteiger partial charge in [0.2, 0.25) is 0 Å². The van der Waals surface area contributed by atoms with Crippen molar-refractivity contribution in [1.82, 2.24) is 14.7 Å². The fraction of sp³-hybridized carbons (Fsp3) is 0.412. The largest absolute Gasteiger partial charge is 0.284 e. The minimum Gasteiger partial charge on any atom is -0.284 e. The number of halogens is 1. The predicted octanol–water partition coefficient (Wildman–Crippen LogP) is 3.40. The van der Waals surface area contributed by atoms with Crippen LogP contribution in [0.5, 0.6) is 0 Å². The van der Waals surface area contributed by atoms with Crippen LogP contribution < -0.4 is 5.56 Å². The number of aromatic nitrogens is 2. The molecule has 1 aliphatic heterocycles. The van der Waals surface area contributed by atoms with E-state index in [1.807, 2.05) is 24.3 Å². The lowest BCUT2D eigenvalue weighted by molar-refractivity contribution is 0.210. The second-order valence-corrected chi connectivity index (χ2v) is 6.17. The highest BCUT2D eigenvalue weighted by atomic mass is 35.5. The van der Waals surface area contributed by atoms with Crippen LogP contribution in [0.1, 0.15) is 25.7 Å². The molecule has 2 heterocycles. The molecule has 0 radical (unpaired) electrons. The summed E-state index contributed by atoms with van der Waals surface area (Å²) in [6.07, 6.45) is 4.96. The van der Waals surface area contributed by atoms with Crippen LogP contribution in [-0.2, 0) is 6.67 Å². The molecule has 0 saturated carbocycles. The van der Waals surface area contributed by atoms with Crippen LogP contribution in [0.25, 0.3) is 11.3 Å². The maximum atomic E-state index is 12.1.